The number of ether oxygens (including phenoxy) is 1. The molecule has 0 aliphatic rings. The third-order valence-corrected chi connectivity index (χ3v) is 9.40. The Morgan fingerprint density at radius 3 is 1.90 bits per heavy atom. The maximum absolute atomic E-state index is 13.4. The summed E-state index contributed by atoms with van der Waals surface area (Å²) in [5.74, 6) is 0.510. The average Bonchev–Trinajstić information content (AvgIpc) is 2.85. The second kappa shape index (κ2) is 17.5. The monoisotopic (exact) mass is 572 g/mol. The Kier molecular flexibility index (Phi) is 16.9. The van der Waals surface area contributed by atoms with Crippen LogP contribution in [-0.4, -0.2) is 59.2 Å². The molecule has 1 atom stereocenters. The summed E-state index contributed by atoms with van der Waals surface area (Å²) in [6, 6.07) is -0.893. The molecule has 0 heterocycles. The van der Waals surface area contributed by atoms with E-state index in [1.54, 1.807) is 11.8 Å². The number of carbonyl (C=O) groups is 3. The highest BCUT2D eigenvalue weighted by Crippen LogP contribution is 2.34. The Morgan fingerprint density at radius 1 is 0.846 bits per heavy atom. The predicted octanol–water partition coefficient (Wildman–Crippen LogP) is 6.83. The summed E-state index contributed by atoms with van der Waals surface area (Å²) >= 11 is 1.72. The van der Waals surface area contributed by atoms with E-state index >= 15 is 0 Å². The number of carboxylic acids is 1. The molecule has 0 aliphatic carbocycles. The third-order valence-electron chi connectivity index (χ3n) is 7.81. The van der Waals surface area contributed by atoms with Crippen molar-refractivity contribution in [1.82, 2.24) is 10.6 Å². The molecule has 0 radical (unpaired) electrons. The summed E-state index contributed by atoms with van der Waals surface area (Å²) in [5.41, 5.74) is -0.740. The van der Waals surface area contributed by atoms with Crippen molar-refractivity contribution in [2.24, 2.45) is 16.2 Å². The molecule has 0 aliphatic heterocycles. The van der Waals surface area contributed by atoms with Crippen LogP contribution in [0.2, 0.25) is 0 Å². The molecular weight excluding hydrogens is 512 g/mol. The molecular formula is C31H60N2O5S. The molecule has 39 heavy (non-hydrogen) atoms. The van der Waals surface area contributed by atoms with Crippen LogP contribution < -0.4 is 10.6 Å². The van der Waals surface area contributed by atoms with Gasteiger partial charge in [0.2, 0.25) is 11.8 Å². The molecule has 3 N–H and O–H groups in total. The van der Waals surface area contributed by atoms with Crippen molar-refractivity contribution in [2.75, 3.05) is 24.7 Å². The topological polar surface area (TPSA) is 105 Å². The van der Waals surface area contributed by atoms with E-state index in [1.165, 1.54) is 0 Å². The van der Waals surface area contributed by atoms with Crippen LogP contribution in [0.5, 0.6) is 0 Å². The maximum atomic E-state index is 13.4. The molecule has 2 amide bonds. The van der Waals surface area contributed by atoms with E-state index in [4.69, 9.17) is 4.74 Å². The summed E-state index contributed by atoms with van der Waals surface area (Å²) in [5, 5.41) is 15.6. The van der Waals surface area contributed by atoms with Crippen LogP contribution in [0.15, 0.2) is 0 Å². The van der Waals surface area contributed by atoms with Crippen LogP contribution >= 0.6 is 11.8 Å². The highest BCUT2D eigenvalue weighted by atomic mass is 32.2. The Morgan fingerprint density at radius 2 is 1.44 bits per heavy atom. The first-order chi connectivity index (χ1) is 18.0. The molecule has 0 fully saturated rings. The minimum absolute atomic E-state index is 0.0727. The first-order valence-corrected chi connectivity index (χ1v) is 16.2. The number of carboxylic acid groups (broad SMARTS) is 1. The normalized spacial score (nSPS) is 13.7. The number of aliphatic carboxylic acids is 1. The first kappa shape index (κ1) is 37.7. The summed E-state index contributed by atoms with van der Waals surface area (Å²) in [7, 11) is 0. The van der Waals surface area contributed by atoms with Crippen molar-refractivity contribution >= 4 is 29.5 Å². The molecule has 0 saturated heterocycles. The van der Waals surface area contributed by atoms with Gasteiger partial charge in [-0.3, -0.25) is 9.59 Å². The fourth-order valence-corrected chi connectivity index (χ4v) is 5.69. The van der Waals surface area contributed by atoms with Crippen molar-refractivity contribution in [3.63, 3.8) is 0 Å². The number of hydrogen-bond donors (Lipinski definition) is 3. The van der Waals surface area contributed by atoms with Gasteiger partial charge < -0.3 is 20.5 Å². The van der Waals surface area contributed by atoms with E-state index < -0.39 is 17.4 Å². The van der Waals surface area contributed by atoms with Crippen LogP contribution in [0.1, 0.15) is 127 Å². The van der Waals surface area contributed by atoms with Crippen LogP contribution in [0, 0.1) is 16.2 Å². The van der Waals surface area contributed by atoms with Gasteiger partial charge in [0, 0.05) is 19.6 Å². The van der Waals surface area contributed by atoms with Gasteiger partial charge in [-0.25, -0.2) is 4.79 Å². The molecule has 230 valence electrons. The number of rotatable bonds is 20. The van der Waals surface area contributed by atoms with E-state index in [1.807, 2.05) is 13.8 Å². The summed E-state index contributed by atoms with van der Waals surface area (Å²) in [6.07, 6.45) is 5.85. The SMILES string of the molecule is CCC(CC)(CCNC(=O)CCC(C)(C)C)OCCC(CC)(CC)C(=O)NC(CCSCC(C)(C)C)C(=O)O. The minimum Gasteiger partial charge on any atom is -0.480 e. The van der Waals surface area contributed by atoms with Gasteiger partial charge in [0.15, 0.2) is 0 Å². The fraction of sp³-hybridized carbons (Fsp3) is 0.903. The quantitative estimate of drug-likeness (QED) is 0.138. The van der Waals surface area contributed by atoms with Gasteiger partial charge in [0.25, 0.3) is 0 Å². The average molecular weight is 573 g/mol. The lowest BCUT2D eigenvalue weighted by Crippen LogP contribution is -2.49. The summed E-state index contributed by atoms with van der Waals surface area (Å²) in [4.78, 5) is 37.6. The zero-order chi connectivity index (χ0) is 30.3. The van der Waals surface area contributed by atoms with Crippen molar-refractivity contribution in [1.29, 1.82) is 0 Å². The first-order valence-electron chi connectivity index (χ1n) is 15.0. The van der Waals surface area contributed by atoms with E-state index in [0.29, 0.717) is 57.4 Å². The molecule has 0 aromatic rings. The largest absolute Gasteiger partial charge is 0.480 e. The molecule has 7 nitrogen and oxygen atoms in total. The third kappa shape index (κ3) is 15.3. The van der Waals surface area contributed by atoms with Crippen molar-refractivity contribution in [3.8, 4) is 0 Å². The molecule has 1 unspecified atom stereocenters. The Bertz CT molecular complexity index is 734. The van der Waals surface area contributed by atoms with Gasteiger partial charge in [-0.05, 0) is 73.7 Å². The Labute approximate surface area is 243 Å². The summed E-state index contributed by atoms with van der Waals surface area (Å²) < 4.78 is 6.45. The lowest BCUT2D eigenvalue weighted by molar-refractivity contribution is -0.145. The Balaban J connectivity index is 5.08. The van der Waals surface area contributed by atoms with Gasteiger partial charge in [-0.15, -0.1) is 0 Å². The number of thioether (sulfide) groups is 1. The second-order valence-electron chi connectivity index (χ2n) is 13.4. The highest BCUT2D eigenvalue weighted by molar-refractivity contribution is 7.99. The smallest absolute Gasteiger partial charge is 0.326 e. The Hall–Kier alpha value is -1.28. The van der Waals surface area contributed by atoms with Crippen molar-refractivity contribution < 1.29 is 24.2 Å². The number of carbonyl (C=O) groups excluding carboxylic acids is 2. The van der Waals surface area contributed by atoms with Crippen LogP contribution in [-0.2, 0) is 19.1 Å². The van der Waals surface area contributed by atoms with E-state index in [9.17, 15) is 19.5 Å². The molecule has 0 spiro atoms. The number of amides is 2. The van der Waals surface area contributed by atoms with Gasteiger partial charge in [-0.2, -0.15) is 11.8 Å². The van der Waals surface area contributed by atoms with Gasteiger partial charge >= 0.3 is 5.97 Å². The molecule has 0 rings (SSSR count). The molecule has 0 bridgehead atoms. The van der Waals surface area contributed by atoms with Crippen molar-refractivity contribution in [2.45, 2.75) is 139 Å². The van der Waals surface area contributed by atoms with Crippen LogP contribution in [0.25, 0.3) is 0 Å². The van der Waals surface area contributed by atoms with Gasteiger partial charge in [-0.1, -0.05) is 69.2 Å². The van der Waals surface area contributed by atoms with Gasteiger partial charge in [0.1, 0.15) is 6.04 Å². The van der Waals surface area contributed by atoms with E-state index in [-0.39, 0.29) is 28.2 Å². The maximum Gasteiger partial charge on any atom is 0.326 e. The molecule has 0 aromatic carbocycles. The van der Waals surface area contributed by atoms with E-state index in [2.05, 4.69) is 66.0 Å². The highest BCUT2D eigenvalue weighted by Gasteiger charge is 2.38. The fourth-order valence-electron chi connectivity index (χ4n) is 4.54. The number of hydrogen-bond acceptors (Lipinski definition) is 5. The number of nitrogens with one attached hydrogen (secondary N) is 2. The molecule has 8 heteroatoms. The summed E-state index contributed by atoms with van der Waals surface area (Å²) in [6.45, 7) is 22.0. The predicted molar refractivity (Wildman–Crippen MR) is 164 cm³/mol. The zero-order valence-electron chi connectivity index (χ0n) is 26.8. The standard InChI is InChI=1S/C31H60N2O5S/c1-11-30(12-2,27(37)33-24(26(35)36)16-22-39-23-29(8,9)10)19-21-38-31(13-3,14-4)18-20-32-25(34)15-17-28(5,6)7/h24H,11-23H2,1-10H3,(H,32,34)(H,33,37)(H,35,36). The minimum atomic E-state index is -0.988. The molecule has 0 saturated carbocycles. The van der Waals surface area contributed by atoms with Crippen LogP contribution in [0.4, 0.5) is 0 Å². The zero-order valence-corrected chi connectivity index (χ0v) is 27.6. The lowest BCUT2D eigenvalue weighted by Gasteiger charge is -2.36. The van der Waals surface area contributed by atoms with Crippen LogP contribution in [0.3, 0.4) is 0 Å². The molecule has 0 aromatic heterocycles. The lowest BCUT2D eigenvalue weighted by atomic mass is 9.78. The van der Waals surface area contributed by atoms with Gasteiger partial charge in [0.05, 0.1) is 11.0 Å². The van der Waals surface area contributed by atoms with E-state index in [0.717, 1.165) is 25.0 Å². The second-order valence-corrected chi connectivity index (χ2v) is 14.5. The van der Waals surface area contributed by atoms with Crippen molar-refractivity contribution in [3.05, 3.63) is 0 Å².